The number of hydrogen-bond acceptors (Lipinski definition) is 6. The predicted octanol–water partition coefficient (Wildman–Crippen LogP) is 2.07. The van der Waals surface area contributed by atoms with Crippen molar-refractivity contribution in [2.75, 3.05) is 38.5 Å². The van der Waals surface area contributed by atoms with Crippen LogP contribution in [0.3, 0.4) is 0 Å². The van der Waals surface area contributed by atoms with Gasteiger partial charge < -0.3 is 9.80 Å². The Hall–Kier alpha value is -0.830. The lowest BCUT2D eigenvalue weighted by Gasteiger charge is -2.40. The molecule has 2 heterocycles. The zero-order chi connectivity index (χ0) is 22.3. The molecule has 7 nitrogen and oxygen atoms in total. The van der Waals surface area contributed by atoms with Crippen LogP contribution in [0, 0.1) is 11.8 Å². The minimum absolute atomic E-state index is 0.0425. The molecule has 2 fully saturated rings. The van der Waals surface area contributed by atoms with Crippen LogP contribution in [0.4, 0.5) is 0 Å². The number of nitrogens with one attached hydrogen (secondary N) is 1. The molecule has 0 radical (unpaired) electrons. The number of ketones is 2. The molecule has 0 bridgehead atoms. The van der Waals surface area contributed by atoms with Crippen LogP contribution < -0.4 is 4.72 Å². The van der Waals surface area contributed by atoms with E-state index in [1.54, 1.807) is 27.7 Å². The van der Waals surface area contributed by atoms with Crippen molar-refractivity contribution in [1.82, 2.24) is 14.5 Å². The van der Waals surface area contributed by atoms with E-state index in [1.165, 1.54) is 32.4 Å². The number of carbonyl (C=O) groups is 2. The quantitative estimate of drug-likeness (QED) is 0.526. The van der Waals surface area contributed by atoms with Crippen LogP contribution >= 0.6 is 0 Å². The van der Waals surface area contributed by atoms with E-state index in [1.807, 2.05) is 0 Å². The van der Waals surface area contributed by atoms with Crippen LogP contribution in [0.25, 0.3) is 0 Å². The van der Waals surface area contributed by atoms with Crippen molar-refractivity contribution in [3.63, 3.8) is 0 Å². The van der Waals surface area contributed by atoms with Crippen molar-refractivity contribution in [2.24, 2.45) is 11.8 Å². The molecule has 0 amide bonds. The van der Waals surface area contributed by atoms with Crippen LogP contribution in [0.1, 0.15) is 66.2 Å². The van der Waals surface area contributed by atoms with Gasteiger partial charge >= 0.3 is 0 Å². The van der Waals surface area contributed by atoms with E-state index in [0.29, 0.717) is 12.6 Å². The van der Waals surface area contributed by atoms with Gasteiger partial charge in [0.25, 0.3) is 0 Å². The van der Waals surface area contributed by atoms with Crippen LogP contribution in [-0.2, 0) is 19.6 Å². The predicted molar refractivity (Wildman–Crippen MR) is 120 cm³/mol. The second-order valence-corrected chi connectivity index (χ2v) is 11.4. The molecule has 1 unspecified atom stereocenters. The molecule has 174 valence electrons. The summed E-state index contributed by atoms with van der Waals surface area (Å²) in [5.41, 5.74) is 0. The molecule has 8 heteroatoms. The number of sulfonamides is 1. The lowest BCUT2D eigenvalue weighted by molar-refractivity contribution is -0.128. The number of rotatable bonds is 11. The first-order chi connectivity index (χ1) is 14.1. The number of likely N-dealkylation sites (tertiary alicyclic amines) is 2. The summed E-state index contributed by atoms with van der Waals surface area (Å²) in [5.74, 6) is -0.921. The highest BCUT2D eigenvalue weighted by Crippen LogP contribution is 2.20. The molecular weight excluding hydrogens is 402 g/mol. The molecule has 2 aliphatic rings. The first-order valence-corrected chi connectivity index (χ1v) is 13.3. The number of carbonyl (C=O) groups excluding carboxylic acids is 2. The monoisotopic (exact) mass is 443 g/mol. The molecule has 2 saturated heterocycles. The zero-order valence-corrected chi connectivity index (χ0v) is 20.0. The van der Waals surface area contributed by atoms with Gasteiger partial charge in [-0.05, 0) is 51.9 Å². The van der Waals surface area contributed by atoms with Crippen molar-refractivity contribution in [1.29, 1.82) is 0 Å². The normalized spacial score (nSPS) is 21.3. The molecule has 0 aromatic rings. The number of hydrogen-bond donors (Lipinski definition) is 1. The fourth-order valence-corrected chi connectivity index (χ4v) is 5.61. The largest absolute Gasteiger partial charge is 0.302 e. The molecule has 30 heavy (non-hydrogen) atoms. The zero-order valence-electron chi connectivity index (χ0n) is 19.2. The lowest BCUT2D eigenvalue weighted by atomic mass is 9.95. The summed E-state index contributed by atoms with van der Waals surface area (Å²) in [6, 6.07) is -0.332. The van der Waals surface area contributed by atoms with E-state index in [-0.39, 0.29) is 35.6 Å². The first-order valence-electron chi connectivity index (χ1n) is 11.6. The van der Waals surface area contributed by atoms with Gasteiger partial charge in [-0.3, -0.25) is 9.59 Å². The summed E-state index contributed by atoms with van der Waals surface area (Å²) in [6.45, 7) is 11.7. The topological polar surface area (TPSA) is 86.8 Å². The third-order valence-electron chi connectivity index (χ3n) is 6.42. The van der Waals surface area contributed by atoms with E-state index in [9.17, 15) is 18.0 Å². The van der Waals surface area contributed by atoms with Gasteiger partial charge in [0, 0.05) is 30.8 Å². The van der Waals surface area contributed by atoms with Crippen molar-refractivity contribution in [2.45, 2.75) is 78.3 Å². The van der Waals surface area contributed by atoms with Gasteiger partial charge in [-0.15, -0.1) is 0 Å². The molecule has 1 atom stereocenters. The number of Topliss-reactive ketones (excluding diaryl/α,β-unsaturated/α-hetero) is 2. The fourth-order valence-electron chi connectivity index (χ4n) is 4.36. The van der Waals surface area contributed by atoms with Gasteiger partial charge in [0.2, 0.25) is 10.0 Å². The highest BCUT2D eigenvalue weighted by atomic mass is 32.2. The van der Waals surface area contributed by atoms with Crippen LogP contribution in [0.2, 0.25) is 0 Å². The lowest BCUT2D eigenvalue weighted by Crippen LogP contribution is -2.49. The van der Waals surface area contributed by atoms with Crippen molar-refractivity contribution >= 4 is 21.6 Å². The molecule has 0 spiro atoms. The third-order valence-corrected chi connectivity index (χ3v) is 7.79. The van der Waals surface area contributed by atoms with Gasteiger partial charge in [-0.25, -0.2) is 13.1 Å². The number of piperidine rings is 2. The molecule has 0 aliphatic carbocycles. The van der Waals surface area contributed by atoms with E-state index in [2.05, 4.69) is 14.5 Å². The van der Waals surface area contributed by atoms with E-state index >= 15 is 0 Å². The highest BCUT2D eigenvalue weighted by Gasteiger charge is 2.30. The highest BCUT2D eigenvalue weighted by molar-refractivity contribution is 7.89. The average Bonchev–Trinajstić information content (AvgIpc) is 2.72. The maximum Gasteiger partial charge on any atom is 0.213 e. The third kappa shape index (κ3) is 8.02. The molecule has 0 saturated carbocycles. The Morgan fingerprint density at radius 2 is 1.53 bits per heavy atom. The van der Waals surface area contributed by atoms with Crippen molar-refractivity contribution < 1.29 is 18.0 Å². The SMILES string of the molecule is CC(C)C(=O)CC(NS(=O)(=O)CCN1CCC(N2CCCCC2)CC1)C(=O)C(C)C. The Balaban J connectivity index is 1.84. The summed E-state index contributed by atoms with van der Waals surface area (Å²) in [7, 11) is -3.64. The smallest absolute Gasteiger partial charge is 0.213 e. The molecule has 0 aromatic heterocycles. The first kappa shape index (κ1) is 25.4. The van der Waals surface area contributed by atoms with Gasteiger partial charge in [0.1, 0.15) is 5.78 Å². The molecule has 0 aromatic carbocycles. The Labute approximate surface area is 183 Å². The minimum atomic E-state index is -3.64. The minimum Gasteiger partial charge on any atom is -0.302 e. The number of nitrogens with zero attached hydrogens (tertiary/aromatic N) is 2. The van der Waals surface area contributed by atoms with E-state index < -0.39 is 16.1 Å². The average molecular weight is 444 g/mol. The molecule has 2 rings (SSSR count). The molecule has 1 N–H and O–H groups in total. The molecular formula is C22H41N3O4S. The summed E-state index contributed by atoms with van der Waals surface area (Å²) in [6.07, 6.45) is 6.02. The summed E-state index contributed by atoms with van der Waals surface area (Å²) in [4.78, 5) is 29.4. The Morgan fingerprint density at radius 3 is 2.07 bits per heavy atom. The van der Waals surface area contributed by atoms with Gasteiger partial charge in [0.05, 0.1) is 11.8 Å². The Morgan fingerprint density at radius 1 is 0.933 bits per heavy atom. The van der Waals surface area contributed by atoms with Crippen molar-refractivity contribution in [3.05, 3.63) is 0 Å². The van der Waals surface area contributed by atoms with Gasteiger partial charge in [-0.1, -0.05) is 34.1 Å². The maximum atomic E-state index is 12.7. The van der Waals surface area contributed by atoms with Crippen molar-refractivity contribution in [3.8, 4) is 0 Å². The Bertz CT molecular complexity index is 664. The van der Waals surface area contributed by atoms with Gasteiger partial charge in [-0.2, -0.15) is 0 Å². The van der Waals surface area contributed by atoms with E-state index in [4.69, 9.17) is 0 Å². The second kappa shape index (κ2) is 11.7. The van der Waals surface area contributed by atoms with Crippen LogP contribution in [-0.4, -0.2) is 80.3 Å². The Kier molecular flexibility index (Phi) is 9.91. The summed E-state index contributed by atoms with van der Waals surface area (Å²) < 4.78 is 27.9. The molecule has 2 aliphatic heterocycles. The second-order valence-electron chi connectivity index (χ2n) is 9.54. The van der Waals surface area contributed by atoms with E-state index in [0.717, 1.165) is 25.9 Å². The van der Waals surface area contributed by atoms with Crippen LogP contribution in [0.15, 0.2) is 0 Å². The summed E-state index contributed by atoms with van der Waals surface area (Å²) >= 11 is 0. The summed E-state index contributed by atoms with van der Waals surface area (Å²) in [5, 5.41) is 0. The van der Waals surface area contributed by atoms with Crippen LogP contribution in [0.5, 0.6) is 0 Å². The standard InChI is InChI=1S/C22H41N3O4S/c1-17(2)21(26)16-20(22(27)18(3)4)23-30(28,29)15-14-24-12-8-19(9-13-24)25-10-6-5-7-11-25/h17-20,23H,5-16H2,1-4H3. The van der Waals surface area contributed by atoms with Gasteiger partial charge in [0.15, 0.2) is 5.78 Å². The fraction of sp³-hybridized carbons (Fsp3) is 0.909. The maximum absolute atomic E-state index is 12.7.